The molecule has 1 heterocycles. The number of benzene rings is 2. The summed E-state index contributed by atoms with van der Waals surface area (Å²) in [7, 11) is 0. The molecule has 150 valence electrons. The molecular weight excluding hydrogens is 376 g/mol. The summed E-state index contributed by atoms with van der Waals surface area (Å²) >= 11 is 0. The lowest BCUT2D eigenvalue weighted by Gasteiger charge is -2.14. The Hall–Kier alpha value is -3.81. The highest BCUT2D eigenvalue weighted by molar-refractivity contribution is 6.06. The smallest absolute Gasteiger partial charge is 0.325 e. The number of carboxylic acid groups (broad SMARTS) is 1. The van der Waals surface area contributed by atoms with E-state index in [0.717, 1.165) is 5.56 Å². The molecule has 2 aromatic rings. The predicted molar refractivity (Wildman–Crippen MR) is 104 cm³/mol. The van der Waals surface area contributed by atoms with Crippen molar-refractivity contribution in [2.24, 2.45) is 0 Å². The third-order valence-electron chi connectivity index (χ3n) is 4.23. The standard InChI is InChI=1S/C21H20N2O6/c1-12-3-6-15(7-4-12)19(24)23-16(20(25)22-13(2)21(26)27)9-14-5-8-17-18(10-14)29-11-28-17/h3-10,13H,11H2,1-2H3,(H,22,25)(H,23,24)(H,26,27)/b16-9-/t13-/m1/s1. The fourth-order valence-electron chi connectivity index (χ4n) is 2.56. The highest BCUT2D eigenvalue weighted by atomic mass is 16.7. The van der Waals surface area contributed by atoms with Gasteiger partial charge in [0.2, 0.25) is 6.79 Å². The molecule has 8 heteroatoms. The first-order chi connectivity index (χ1) is 13.8. The van der Waals surface area contributed by atoms with Gasteiger partial charge in [0.25, 0.3) is 11.8 Å². The Labute approximate surface area is 167 Å². The zero-order chi connectivity index (χ0) is 21.0. The molecule has 0 aromatic heterocycles. The van der Waals surface area contributed by atoms with E-state index >= 15 is 0 Å². The number of amides is 2. The normalized spacial score (nSPS) is 13.5. The molecule has 0 aliphatic carbocycles. The maximum Gasteiger partial charge on any atom is 0.325 e. The minimum Gasteiger partial charge on any atom is -0.480 e. The van der Waals surface area contributed by atoms with Crippen LogP contribution in [0.3, 0.4) is 0 Å². The van der Waals surface area contributed by atoms with Gasteiger partial charge >= 0.3 is 5.97 Å². The molecule has 2 aromatic carbocycles. The van der Waals surface area contributed by atoms with Crippen molar-refractivity contribution in [3.8, 4) is 11.5 Å². The lowest BCUT2D eigenvalue weighted by atomic mass is 10.1. The van der Waals surface area contributed by atoms with Gasteiger partial charge in [-0.2, -0.15) is 0 Å². The van der Waals surface area contributed by atoms with Crippen molar-refractivity contribution in [2.75, 3.05) is 6.79 Å². The van der Waals surface area contributed by atoms with Crippen LogP contribution in [0.4, 0.5) is 0 Å². The van der Waals surface area contributed by atoms with Crippen molar-refractivity contribution < 1.29 is 29.0 Å². The SMILES string of the molecule is Cc1ccc(C(=O)N/C(=C\c2ccc3c(c2)OCO3)C(=O)N[C@H](C)C(=O)O)cc1. The van der Waals surface area contributed by atoms with Gasteiger partial charge in [0, 0.05) is 5.56 Å². The molecule has 8 nitrogen and oxygen atoms in total. The summed E-state index contributed by atoms with van der Waals surface area (Å²) in [5.74, 6) is -1.31. The lowest BCUT2D eigenvalue weighted by molar-refractivity contribution is -0.140. The summed E-state index contributed by atoms with van der Waals surface area (Å²) in [6.07, 6.45) is 1.44. The third-order valence-corrected chi connectivity index (χ3v) is 4.23. The molecule has 0 fully saturated rings. The van der Waals surface area contributed by atoms with Crippen LogP contribution in [0.5, 0.6) is 11.5 Å². The Kier molecular flexibility index (Phi) is 5.82. The van der Waals surface area contributed by atoms with Crippen LogP contribution in [-0.4, -0.2) is 35.7 Å². The second-order valence-electron chi connectivity index (χ2n) is 6.52. The quantitative estimate of drug-likeness (QED) is 0.644. The van der Waals surface area contributed by atoms with Crippen molar-refractivity contribution in [2.45, 2.75) is 19.9 Å². The molecule has 3 rings (SSSR count). The van der Waals surface area contributed by atoms with Gasteiger partial charge in [-0.05, 0) is 49.8 Å². The van der Waals surface area contributed by atoms with Crippen LogP contribution >= 0.6 is 0 Å². The van der Waals surface area contributed by atoms with Gasteiger partial charge in [-0.25, -0.2) is 0 Å². The number of carbonyl (C=O) groups excluding carboxylic acids is 2. The molecule has 0 unspecified atom stereocenters. The number of hydrogen-bond acceptors (Lipinski definition) is 5. The van der Waals surface area contributed by atoms with Crippen molar-refractivity contribution >= 4 is 23.9 Å². The zero-order valence-corrected chi connectivity index (χ0v) is 15.9. The Morgan fingerprint density at radius 2 is 1.76 bits per heavy atom. The van der Waals surface area contributed by atoms with E-state index < -0.39 is 23.8 Å². The van der Waals surface area contributed by atoms with Crippen LogP contribution in [0.25, 0.3) is 6.08 Å². The van der Waals surface area contributed by atoms with Crippen LogP contribution in [0, 0.1) is 6.92 Å². The average Bonchev–Trinajstić information content (AvgIpc) is 3.15. The Balaban J connectivity index is 1.88. The van der Waals surface area contributed by atoms with Crippen molar-refractivity contribution in [1.29, 1.82) is 0 Å². The number of carboxylic acids is 1. The lowest BCUT2D eigenvalue weighted by Crippen LogP contribution is -2.42. The first-order valence-electron chi connectivity index (χ1n) is 8.86. The van der Waals surface area contributed by atoms with Gasteiger partial charge < -0.3 is 25.2 Å². The second kappa shape index (κ2) is 8.47. The van der Waals surface area contributed by atoms with Crippen LogP contribution in [0.1, 0.15) is 28.4 Å². The molecule has 3 N–H and O–H groups in total. The van der Waals surface area contributed by atoms with Gasteiger partial charge in [-0.1, -0.05) is 23.8 Å². The molecule has 0 radical (unpaired) electrons. The highest BCUT2D eigenvalue weighted by Crippen LogP contribution is 2.33. The summed E-state index contributed by atoms with van der Waals surface area (Å²) in [5, 5.41) is 13.9. The zero-order valence-electron chi connectivity index (χ0n) is 15.9. The summed E-state index contributed by atoms with van der Waals surface area (Å²) in [5.41, 5.74) is 1.84. The Morgan fingerprint density at radius 1 is 1.07 bits per heavy atom. The van der Waals surface area contributed by atoms with Gasteiger partial charge in [0.05, 0.1) is 0 Å². The topological polar surface area (TPSA) is 114 Å². The Bertz CT molecular complexity index is 981. The van der Waals surface area contributed by atoms with Crippen LogP contribution in [0.2, 0.25) is 0 Å². The predicted octanol–water partition coefficient (Wildman–Crippen LogP) is 2.08. The van der Waals surface area contributed by atoms with Crippen molar-refractivity contribution in [3.05, 3.63) is 64.9 Å². The van der Waals surface area contributed by atoms with Gasteiger partial charge in [0.15, 0.2) is 11.5 Å². The van der Waals surface area contributed by atoms with E-state index in [4.69, 9.17) is 14.6 Å². The fraction of sp³-hybridized carbons (Fsp3) is 0.190. The number of aliphatic carboxylic acids is 1. The van der Waals surface area contributed by atoms with E-state index in [1.807, 2.05) is 6.92 Å². The van der Waals surface area contributed by atoms with Crippen LogP contribution in [-0.2, 0) is 9.59 Å². The molecule has 0 bridgehead atoms. The molecule has 1 aliphatic heterocycles. The largest absolute Gasteiger partial charge is 0.480 e. The summed E-state index contributed by atoms with van der Waals surface area (Å²) < 4.78 is 10.6. The van der Waals surface area contributed by atoms with Crippen LogP contribution in [0.15, 0.2) is 48.2 Å². The summed E-state index contributed by atoms with van der Waals surface area (Å²) in [6, 6.07) is 10.8. The van der Waals surface area contributed by atoms with Crippen molar-refractivity contribution in [1.82, 2.24) is 10.6 Å². The summed E-state index contributed by atoms with van der Waals surface area (Å²) in [6.45, 7) is 3.34. The number of aryl methyl sites for hydroxylation is 1. The van der Waals surface area contributed by atoms with Crippen LogP contribution < -0.4 is 20.1 Å². The number of nitrogens with one attached hydrogen (secondary N) is 2. The van der Waals surface area contributed by atoms with Gasteiger partial charge in [0.1, 0.15) is 11.7 Å². The average molecular weight is 396 g/mol. The highest BCUT2D eigenvalue weighted by Gasteiger charge is 2.20. The van der Waals surface area contributed by atoms with Gasteiger partial charge in [-0.3, -0.25) is 14.4 Å². The first kappa shape index (κ1) is 19.9. The molecule has 1 atom stereocenters. The molecular formula is C21H20N2O6. The number of rotatable bonds is 6. The van der Waals surface area contributed by atoms with E-state index in [2.05, 4.69) is 10.6 Å². The Morgan fingerprint density at radius 3 is 2.45 bits per heavy atom. The van der Waals surface area contributed by atoms with E-state index in [-0.39, 0.29) is 12.5 Å². The fourth-order valence-corrected chi connectivity index (χ4v) is 2.56. The molecule has 0 saturated heterocycles. The molecule has 0 saturated carbocycles. The number of hydrogen-bond donors (Lipinski definition) is 3. The minimum atomic E-state index is -1.19. The number of ether oxygens (including phenoxy) is 2. The monoisotopic (exact) mass is 396 g/mol. The maximum absolute atomic E-state index is 12.6. The van der Waals surface area contributed by atoms with E-state index in [9.17, 15) is 14.4 Å². The number of carbonyl (C=O) groups is 3. The molecule has 0 spiro atoms. The second-order valence-corrected chi connectivity index (χ2v) is 6.52. The van der Waals surface area contributed by atoms with Crippen molar-refractivity contribution in [3.63, 3.8) is 0 Å². The van der Waals surface area contributed by atoms with E-state index in [1.54, 1.807) is 42.5 Å². The first-order valence-corrected chi connectivity index (χ1v) is 8.86. The molecule has 29 heavy (non-hydrogen) atoms. The molecule has 1 aliphatic rings. The number of fused-ring (bicyclic) bond motifs is 1. The minimum absolute atomic E-state index is 0.0949. The van der Waals surface area contributed by atoms with E-state index in [0.29, 0.717) is 22.6 Å². The maximum atomic E-state index is 12.6. The molecule has 2 amide bonds. The summed E-state index contributed by atoms with van der Waals surface area (Å²) in [4.78, 5) is 36.2. The third kappa shape index (κ3) is 4.92. The van der Waals surface area contributed by atoms with E-state index in [1.165, 1.54) is 13.0 Å². The van der Waals surface area contributed by atoms with Gasteiger partial charge in [-0.15, -0.1) is 0 Å².